The smallest absolute Gasteiger partial charge is 0.162 e. The minimum absolute atomic E-state index is 0.150. The first-order valence-corrected chi connectivity index (χ1v) is 5.77. The molecule has 0 unspecified atom stereocenters. The highest BCUT2D eigenvalue weighted by Crippen LogP contribution is 2.28. The Bertz CT molecular complexity index is 543. The van der Waals surface area contributed by atoms with Crippen LogP contribution in [0.4, 0.5) is 4.39 Å². The van der Waals surface area contributed by atoms with Gasteiger partial charge < -0.3 is 0 Å². The normalized spacial score (nSPS) is 10.4. The summed E-state index contributed by atoms with van der Waals surface area (Å²) in [5.74, 6) is -0.692. The monoisotopic (exact) mass is 234 g/mol. The zero-order valence-electron chi connectivity index (χ0n) is 9.08. The van der Waals surface area contributed by atoms with Crippen LogP contribution in [0.3, 0.4) is 0 Å². The van der Waals surface area contributed by atoms with E-state index in [0.717, 1.165) is 10.4 Å². The van der Waals surface area contributed by atoms with Crippen LogP contribution in [0, 0.1) is 12.7 Å². The molecule has 0 saturated carbocycles. The van der Waals surface area contributed by atoms with Gasteiger partial charge in [0.15, 0.2) is 5.78 Å². The van der Waals surface area contributed by atoms with E-state index in [4.69, 9.17) is 0 Å². The molecule has 0 N–H and O–H groups in total. The summed E-state index contributed by atoms with van der Waals surface area (Å²) < 4.78 is 13.6. The molecule has 0 aliphatic carbocycles. The first-order chi connectivity index (χ1) is 7.58. The van der Waals surface area contributed by atoms with Crippen LogP contribution in [0.5, 0.6) is 0 Å². The lowest BCUT2D eigenvalue weighted by Crippen LogP contribution is -1.96. The summed E-state index contributed by atoms with van der Waals surface area (Å²) in [7, 11) is 0. The average molecular weight is 234 g/mol. The molecule has 0 aliphatic heterocycles. The van der Waals surface area contributed by atoms with Crippen molar-refractivity contribution >= 4 is 17.1 Å². The molecule has 0 atom stereocenters. The molecule has 0 aliphatic rings. The van der Waals surface area contributed by atoms with Gasteiger partial charge >= 0.3 is 0 Å². The summed E-state index contributed by atoms with van der Waals surface area (Å²) in [4.78, 5) is 13.3. The van der Waals surface area contributed by atoms with E-state index >= 15 is 0 Å². The summed E-state index contributed by atoms with van der Waals surface area (Å²) in [6.07, 6.45) is 0. The Hall–Kier alpha value is -1.48. The highest BCUT2D eigenvalue weighted by Gasteiger charge is 2.09. The van der Waals surface area contributed by atoms with Gasteiger partial charge in [0, 0.05) is 9.75 Å². The van der Waals surface area contributed by atoms with Crippen LogP contribution in [-0.2, 0) is 0 Å². The average Bonchev–Trinajstić information content (AvgIpc) is 2.64. The molecule has 0 fully saturated rings. The quantitative estimate of drug-likeness (QED) is 0.716. The number of benzene rings is 1. The largest absolute Gasteiger partial charge is 0.294 e. The van der Waals surface area contributed by atoms with Gasteiger partial charge in [0.1, 0.15) is 5.82 Å². The van der Waals surface area contributed by atoms with Crippen molar-refractivity contribution in [3.05, 3.63) is 46.6 Å². The summed E-state index contributed by atoms with van der Waals surface area (Å²) in [5.41, 5.74) is 0.970. The molecule has 1 nitrogen and oxygen atoms in total. The molecule has 16 heavy (non-hydrogen) atoms. The molecule has 0 bridgehead atoms. The van der Waals surface area contributed by atoms with Crippen LogP contribution < -0.4 is 0 Å². The number of carbonyl (C=O) groups excluding carboxylic acids is 1. The highest BCUT2D eigenvalue weighted by molar-refractivity contribution is 7.15. The van der Waals surface area contributed by atoms with Crippen LogP contribution in [0.15, 0.2) is 30.3 Å². The topological polar surface area (TPSA) is 17.1 Å². The molecule has 82 valence electrons. The molecule has 2 aromatic rings. The van der Waals surface area contributed by atoms with E-state index in [2.05, 4.69) is 0 Å². The van der Waals surface area contributed by atoms with Crippen LogP contribution in [0.1, 0.15) is 22.2 Å². The summed E-state index contributed by atoms with van der Waals surface area (Å²) in [5, 5.41) is 0. The second-order valence-corrected chi connectivity index (χ2v) is 4.95. The van der Waals surface area contributed by atoms with Gasteiger partial charge in [-0.15, -0.1) is 11.3 Å². The molecule has 0 radical (unpaired) electrons. The molecular weight excluding hydrogens is 223 g/mol. The van der Waals surface area contributed by atoms with Crippen molar-refractivity contribution in [2.45, 2.75) is 13.8 Å². The first-order valence-electron chi connectivity index (χ1n) is 4.95. The molecular formula is C13H11FOS. The van der Waals surface area contributed by atoms with Gasteiger partial charge in [-0.1, -0.05) is 6.07 Å². The number of aryl methyl sites for hydroxylation is 1. The third-order valence-electron chi connectivity index (χ3n) is 2.37. The highest BCUT2D eigenvalue weighted by atomic mass is 32.1. The van der Waals surface area contributed by atoms with Crippen LogP contribution in [0.25, 0.3) is 10.4 Å². The maximum atomic E-state index is 13.6. The fraction of sp³-hybridized carbons (Fsp3) is 0.154. The molecule has 1 aromatic carbocycles. The SMILES string of the molecule is CC(=O)c1ccc(-c2ccc(C)s2)cc1F. The van der Waals surface area contributed by atoms with Gasteiger partial charge in [-0.2, -0.15) is 0 Å². The van der Waals surface area contributed by atoms with Crippen molar-refractivity contribution in [2.75, 3.05) is 0 Å². The Labute approximate surface area is 97.6 Å². The number of hydrogen-bond acceptors (Lipinski definition) is 2. The Kier molecular flexibility index (Phi) is 2.88. The third-order valence-corrected chi connectivity index (χ3v) is 3.42. The van der Waals surface area contributed by atoms with Gasteiger partial charge in [-0.3, -0.25) is 4.79 Å². The Morgan fingerprint density at radius 2 is 2.00 bits per heavy atom. The number of Topliss-reactive ketones (excluding diaryl/α,β-unsaturated/α-hetero) is 1. The number of halogens is 1. The fourth-order valence-corrected chi connectivity index (χ4v) is 2.41. The van der Waals surface area contributed by atoms with E-state index in [9.17, 15) is 9.18 Å². The van der Waals surface area contributed by atoms with Crippen molar-refractivity contribution in [3.63, 3.8) is 0 Å². The Morgan fingerprint density at radius 3 is 2.50 bits per heavy atom. The van der Waals surface area contributed by atoms with Crippen molar-refractivity contribution in [1.29, 1.82) is 0 Å². The zero-order valence-corrected chi connectivity index (χ0v) is 9.90. The Balaban J connectivity index is 2.45. The number of rotatable bonds is 2. The minimum Gasteiger partial charge on any atom is -0.294 e. The molecule has 3 heteroatoms. The van der Waals surface area contributed by atoms with E-state index in [1.165, 1.54) is 17.9 Å². The predicted octanol–water partition coefficient (Wildman–Crippen LogP) is 4.07. The minimum atomic E-state index is -0.448. The molecule has 1 heterocycles. The summed E-state index contributed by atoms with van der Waals surface area (Å²) in [6, 6.07) is 8.70. The maximum Gasteiger partial charge on any atom is 0.162 e. The molecule has 0 saturated heterocycles. The van der Waals surface area contributed by atoms with E-state index in [1.807, 2.05) is 19.1 Å². The van der Waals surface area contributed by atoms with Crippen LogP contribution in [-0.4, -0.2) is 5.78 Å². The Morgan fingerprint density at radius 1 is 1.25 bits per heavy atom. The second-order valence-electron chi connectivity index (χ2n) is 3.66. The lowest BCUT2D eigenvalue weighted by Gasteiger charge is -2.01. The fourth-order valence-electron chi connectivity index (χ4n) is 1.54. The standard InChI is InChI=1S/C13H11FOS/c1-8-3-6-13(16-8)10-4-5-11(9(2)15)12(14)7-10/h3-7H,1-2H3. The van der Waals surface area contributed by atoms with E-state index < -0.39 is 5.82 Å². The zero-order chi connectivity index (χ0) is 11.7. The lowest BCUT2D eigenvalue weighted by molar-refractivity contribution is 0.101. The number of ketones is 1. The van der Waals surface area contributed by atoms with Gasteiger partial charge in [0.05, 0.1) is 5.56 Å². The van der Waals surface area contributed by atoms with Gasteiger partial charge in [-0.05, 0) is 43.7 Å². The number of thiophene rings is 1. The van der Waals surface area contributed by atoms with Crippen molar-refractivity contribution in [2.24, 2.45) is 0 Å². The second kappa shape index (κ2) is 4.18. The molecule has 1 aromatic heterocycles. The molecule has 0 amide bonds. The predicted molar refractivity (Wildman–Crippen MR) is 64.5 cm³/mol. The van der Waals surface area contributed by atoms with Crippen molar-refractivity contribution in [1.82, 2.24) is 0 Å². The molecule has 0 spiro atoms. The van der Waals surface area contributed by atoms with E-state index in [-0.39, 0.29) is 11.3 Å². The third kappa shape index (κ3) is 2.04. The van der Waals surface area contributed by atoms with Gasteiger partial charge in [0.25, 0.3) is 0 Å². The number of carbonyl (C=O) groups is 1. The van der Waals surface area contributed by atoms with Crippen LogP contribution >= 0.6 is 11.3 Å². The van der Waals surface area contributed by atoms with Gasteiger partial charge in [-0.25, -0.2) is 4.39 Å². The van der Waals surface area contributed by atoms with Gasteiger partial charge in [0.2, 0.25) is 0 Å². The van der Waals surface area contributed by atoms with Crippen molar-refractivity contribution in [3.8, 4) is 10.4 Å². The molecule has 2 rings (SSSR count). The first kappa shape index (κ1) is 11.0. The summed E-state index contributed by atoms with van der Waals surface area (Å²) in [6.45, 7) is 3.38. The lowest BCUT2D eigenvalue weighted by atomic mass is 10.1. The van der Waals surface area contributed by atoms with E-state index in [0.29, 0.717) is 0 Å². The van der Waals surface area contributed by atoms with E-state index in [1.54, 1.807) is 23.5 Å². The summed E-state index contributed by atoms with van der Waals surface area (Å²) >= 11 is 1.61. The number of hydrogen-bond donors (Lipinski definition) is 0. The maximum absolute atomic E-state index is 13.6. The van der Waals surface area contributed by atoms with Crippen LogP contribution in [0.2, 0.25) is 0 Å². The van der Waals surface area contributed by atoms with Crippen molar-refractivity contribution < 1.29 is 9.18 Å².